The van der Waals surface area contributed by atoms with Crippen LogP contribution in [-0.2, 0) is 14.4 Å². The molecule has 10 heteroatoms. The fourth-order valence-corrected chi connectivity index (χ4v) is 5.81. The van der Waals surface area contributed by atoms with Gasteiger partial charge in [-0.05, 0) is 56.3 Å². The smallest absolute Gasteiger partial charge is 0.315 e. The van der Waals surface area contributed by atoms with Crippen molar-refractivity contribution in [3.8, 4) is 0 Å². The van der Waals surface area contributed by atoms with Gasteiger partial charge in [0.1, 0.15) is 12.1 Å². The van der Waals surface area contributed by atoms with E-state index in [1.54, 1.807) is 4.90 Å². The van der Waals surface area contributed by atoms with Crippen LogP contribution in [0.1, 0.15) is 68.2 Å². The Bertz CT molecular complexity index is 890. The van der Waals surface area contributed by atoms with E-state index in [-0.39, 0.29) is 47.5 Å². The molecular formula is C26H45N5O5. The van der Waals surface area contributed by atoms with Crippen molar-refractivity contribution in [2.45, 2.75) is 91.9 Å². The Labute approximate surface area is 214 Å². The topological polar surface area (TPSA) is 140 Å². The Balaban J connectivity index is 1.78. The lowest BCUT2D eigenvalue weighted by molar-refractivity contribution is -0.144. The molecule has 0 aromatic heterocycles. The van der Waals surface area contributed by atoms with Crippen LogP contribution in [0.5, 0.6) is 0 Å². The maximum absolute atomic E-state index is 13.9. The Morgan fingerprint density at radius 3 is 2.28 bits per heavy atom. The normalized spacial score (nSPS) is 28.6. The van der Waals surface area contributed by atoms with Crippen LogP contribution in [0.3, 0.4) is 0 Å². The van der Waals surface area contributed by atoms with Crippen molar-refractivity contribution in [2.75, 3.05) is 19.7 Å². The van der Waals surface area contributed by atoms with Gasteiger partial charge in [0.2, 0.25) is 17.7 Å². The summed E-state index contributed by atoms with van der Waals surface area (Å²) in [7, 11) is 0. The summed E-state index contributed by atoms with van der Waals surface area (Å²) in [5.74, 6) is -0.717. The highest BCUT2D eigenvalue weighted by molar-refractivity contribution is 5.94. The van der Waals surface area contributed by atoms with Gasteiger partial charge < -0.3 is 31.3 Å². The van der Waals surface area contributed by atoms with Gasteiger partial charge in [0, 0.05) is 24.5 Å². The average molecular weight is 508 g/mol. The minimum atomic E-state index is -0.827. The SMILES string of the molecule is CC(C)(C)NC(=O)NC(C(=O)N1C[C@H]2[C@@H]([C@H]1C(=O)NC(CO)CC1CCNC1=O)C2(C)C)C(C)(C)C. The number of carbonyl (C=O) groups is 4. The monoisotopic (exact) mass is 507 g/mol. The molecule has 3 aliphatic rings. The molecule has 2 saturated heterocycles. The third kappa shape index (κ3) is 5.95. The number of hydrogen-bond acceptors (Lipinski definition) is 5. The van der Waals surface area contributed by atoms with Crippen LogP contribution < -0.4 is 21.3 Å². The molecule has 0 spiro atoms. The Morgan fingerprint density at radius 2 is 1.78 bits per heavy atom. The molecule has 10 nitrogen and oxygen atoms in total. The fraction of sp³-hybridized carbons (Fsp3) is 0.846. The van der Waals surface area contributed by atoms with E-state index in [2.05, 4.69) is 35.1 Å². The van der Waals surface area contributed by atoms with Gasteiger partial charge in [0.05, 0.1) is 12.6 Å². The van der Waals surface area contributed by atoms with Crippen molar-refractivity contribution in [3.05, 3.63) is 0 Å². The molecule has 0 bridgehead atoms. The lowest BCUT2D eigenvalue weighted by Gasteiger charge is -2.38. The van der Waals surface area contributed by atoms with Gasteiger partial charge in [-0.25, -0.2) is 4.79 Å². The molecule has 0 aromatic carbocycles. The van der Waals surface area contributed by atoms with E-state index < -0.39 is 35.1 Å². The summed E-state index contributed by atoms with van der Waals surface area (Å²) in [5, 5.41) is 21.3. The molecule has 3 rings (SSSR count). The summed E-state index contributed by atoms with van der Waals surface area (Å²) in [6.07, 6.45) is 1.03. The lowest BCUT2D eigenvalue weighted by Crippen LogP contribution is -2.62. The highest BCUT2D eigenvalue weighted by atomic mass is 16.3. The molecule has 3 unspecified atom stereocenters. The largest absolute Gasteiger partial charge is 0.394 e. The Morgan fingerprint density at radius 1 is 1.14 bits per heavy atom. The number of fused-ring (bicyclic) bond motifs is 1. The third-order valence-corrected chi connectivity index (χ3v) is 7.94. The van der Waals surface area contributed by atoms with Crippen LogP contribution >= 0.6 is 0 Å². The number of amides is 5. The number of aliphatic hydroxyl groups excluding tert-OH is 1. The molecule has 3 fully saturated rings. The average Bonchev–Trinajstić information content (AvgIpc) is 3.08. The second-order valence-electron chi connectivity index (χ2n) is 13.4. The molecule has 5 amide bonds. The zero-order valence-electron chi connectivity index (χ0n) is 23.0. The predicted octanol–water partition coefficient (Wildman–Crippen LogP) is 0.985. The van der Waals surface area contributed by atoms with E-state index >= 15 is 0 Å². The highest BCUT2D eigenvalue weighted by Gasteiger charge is 2.69. The maximum atomic E-state index is 13.9. The first-order valence-electron chi connectivity index (χ1n) is 13.1. The van der Waals surface area contributed by atoms with Crippen LogP contribution in [0.25, 0.3) is 0 Å². The number of likely N-dealkylation sites (tertiary alicyclic amines) is 1. The van der Waals surface area contributed by atoms with E-state index in [0.717, 1.165) is 0 Å². The maximum Gasteiger partial charge on any atom is 0.315 e. The van der Waals surface area contributed by atoms with Gasteiger partial charge in [-0.2, -0.15) is 0 Å². The number of carbonyl (C=O) groups excluding carboxylic acids is 4. The lowest BCUT2D eigenvalue weighted by atomic mass is 9.85. The number of urea groups is 1. The van der Waals surface area contributed by atoms with Gasteiger partial charge in [-0.3, -0.25) is 14.4 Å². The van der Waals surface area contributed by atoms with Gasteiger partial charge >= 0.3 is 6.03 Å². The number of rotatable bonds is 7. The molecule has 0 radical (unpaired) electrons. The fourth-order valence-electron chi connectivity index (χ4n) is 5.81. The second kappa shape index (κ2) is 9.84. The van der Waals surface area contributed by atoms with Crippen LogP contribution in [0.15, 0.2) is 0 Å². The van der Waals surface area contributed by atoms with E-state index in [1.165, 1.54) is 0 Å². The quantitative estimate of drug-likeness (QED) is 0.350. The number of hydrogen-bond donors (Lipinski definition) is 5. The summed E-state index contributed by atoms with van der Waals surface area (Å²) in [5.41, 5.74) is -1.13. The highest BCUT2D eigenvalue weighted by Crippen LogP contribution is 2.65. The van der Waals surface area contributed by atoms with Gasteiger partial charge in [0.25, 0.3) is 0 Å². The molecule has 1 saturated carbocycles. The van der Waals surface area contributed by atoms with Gasteiger partial charge in [-0.15, -0.1) is 0 Å². The van der Waals surface area contributed by atoms with Crippen molar-refractivity contribution in [1.29, 1.82) is 0 Å². The van der Waals surface area contributed by atoms with Crippen LogP contribution in [0.2, 0.25) is 0 Å². The van der Waals surface area contributed by atoms with Crippen LogP contribution in [0.4, 0.5) is 4.79 Å². The first-order valence-corrected chi connectivity index (χ1v) is 13.1. The zero-order valence-corrected chi connectivity index (χ0v) is 23.0. The van der Waals surface area contributed by atoms with Gasteiger partial charge in [-0.1, -0.05) is 34.6 Å². The van der Waals surface area contributed by atoms with Crippen LogP contribution in [0, 0.1) is 28.6 Å². The third-order valence-electron chi connectivity index (χ3n) is 7.94. The second-order valence-corrected chi connectivity index (χ2v) is 13.4. The predicted molar refractivity (Wildman–Crippen MR) is 136 cm³/mol. The summed E-state index contributed by atoms with van der Waals surface area (Å²) in [6, 6.07) is -2.53. The molecule has 0 aromatic rings. The minimum Gasteiger partial charge on any atom is -0.394 e. The molecule has 1 aliphatic carbocycles. The first-order chi connectivity index (χ1) is 16.5. The minimum absolute atomic E-state index is 0.000378. The Hall–Kier alpha value is -2.36. The number of aliphatic hydroxyl groups is 1. The van der Waals surface area contributed by atoms with Crippen LogP contribution in [-0.4, -0.2) is 77.1 Å². The standard InChI is InChI=1S/C26H45N5O5/c1-24(2,3)19(29-23(36)30-25(4,5)6)22(35)31-12-16-17(26(16,7)8)18(31)21(34)28-15(13-32)11-14-9-10-27-20(14)33/h14-19,32H,9-13H2,1-8H3,(H,27,33)(H,28,34)(H2,29,30,36)/t14?,15?,16-,17-,18-,19?/m0/s1. The first kappa shape index (κ1) is 28.2. The molecule has 5 N–H and O–H groups in total. The summed E-state index contributed by atoms with van der Waals surface area (Å²) in [4.78, 5) is 53.7. The van der Waals surface area contributed by atoms with Crippen molar-refractivity contribution in [1.82, 2.24) is 26.2 Å². The van der Waals surface area contributed by atoms with Crippen molar-refractivity contribution < 1.29 is 24.3 Å². The molecule has 2 heterocycles. The van der Waals surface area contributed by atoms with Crippen molar-refractivity contribution >= 4 is 23.8 Å². The van der Waals surface area contributed by atoms with Gasteiger partial charge in [0.15, 0.2) is 0 Å². The van der Waals surface area contributed by atoms with E-state index in [0.29, 0.717) is 25.9 Å². The molecule has 36 heavy (non-hydrogen) atoms. The Kier molecular flexibility index (Phi) is 7.71. The zero-order chi connectivity index (χ0) is 27.2. The summed E-state index contributed by atoms with van der Waals surface area (Å²) < 4.78 is 0. The molecule has 204 valence electrons. The number of nitrogens with zero attached hydrogens (tertiary/aromatic N) is 1. The molecule has 2 aliphatic heterocycles. The van der Waals surface area contributed by atoms with Crippen molar-refractivity contribution in [3.63, 3.8) is 0 Å². The van der Waals surface area contributed by atoms with Crippen molar-refractivity contribution in [2.24, 2.45) is 28.6 Å². The molecule has 6 atom stereocenters. The van der Waals surface area contributed by atoms with E-state index in [4.69, 9.17) is 0 Å². The van der Waals surface area contributed by atoms with E-state index in [1.807, 2.05) is 41.5 Å². The van der Waals surface area contributed by atoms with E-state index in [9.17, 15) is 24.3 Å². The number of nitrogens with one attached hydrogen (secondary N) is 4. The summed E-state index contributed by atoms with van der Waals surface area (Å²) in [6.45, 7) is 16.2. The molecular weight excluding hydrogens is 462 g/mol. The number of piperidine rings is 1. The summed E-state index contributed by atoms with van der Waals surface area (Å²) >= 11 is 0.